The van der Waals surface area contributed by atoms with Crippen LogP contribution in [-0.4, -0.2) is 53.9 Å². The third-order valence-corrected chi connectivity index (χ3v) is 9.81. The first-order valence-electron chi connectivity index (χ1n) is 11.9. The molecule has 4 aromatic rings. The number of hydrogen-bond acceptors (Lipinski definition) is 7. The number of benzene rings is 2. The highest BCUT2D eigenvalue weighted by molar-refractivity contribution is 7.89. The Bertz CT molecular complexity index is 1590. The summed E-state index contributed by atoms with van der Waals surface area (Å²) in [5.41, 5.74) is 1.60. The summed E-state index contributed by atoms with van der Waals surface area (Å²) in [5, 5.41) is 7.58. The van der Waals surface area contributed by atoms with E-state index in [0.29, 0.717) is 42.6 Å². The summed E-state index contributed by atoms with van der Waals surface area (Å²) in [6, 6.07) is 15.0. The molecule has 2 aromatic heterocycles. The molecule has 1 aliphatic heterocycles. The van der Waals surface area contributed by atoms with E-state index in [1.807, 2.05) is 22.4 Å². The molecule has 0 aliphatic carbocycles. The van der Waals surface area contributed by atoms with Gasteiger partial charge in [-0.05, 0) is 66.6 Å². The largest absolute Gasteiger partial charge is 0.481 e. The second-order valence-corrected chi connectivity index (χ2v) is 13.0. The molecule has 1 fully saturated rings. The number of sulfonamides is 1. The molecule has 2 aromatic carbocycles. The molecule has 8 nitrogen and oxygen atoms in total. The standard InChI is InChI=1S/C26H27ClN4O4S2/c1-18(2)37(33,34)30-11-9-29(10-12-30)23-16-28-31(22-5-3-4-21(27)15-22)26(32)25(23)35-17-19-6-7-24-20(14-19)8-13-36-24/h3-8,13-16,18H,9-12,17H2,1-2H3. The topological polar surface area (TPSA) is 84.7 Å². The predicted molar refractivity (Wildman–Crippen MR) is 149 cm³/mol. The lowest BCUT2D eigenvalue weighted by Crippen LogP contribution is -2.50. The first-order chi connectivity index (χ1) is 17.7. The smallest absolute Gasteiger partial charge is 0.316 e. The number of thiophene rings is 1. The molecule has 5 rings (SSSR count). The third-order valence-electron chi connectivity index (χ3n) is 6.40. The zero-order valence-corrected chi connectivity index (χ0v) is 22.9. The maximum atomic E-state index is 13.7. The van der Waals surface area contributed by atoms with Crippen LogP contribution in [0.4, 0.5) is 5.69 Å². The Morgan fingerprint density at radius 3 is 2.59 bits per heavy atom. The first-order valence-corrected chi connectivity index (χ1v) is 14.7. The van der Waals surface area contributed by atoms with Crippen LogP contribution in [0.5, 0.6) is 5.75 Å². The Balaban J connectivity index is 1.47. The van der Waals surface area contributed by atoms with Gasteiger partial charge in [-0.1, -0.05) is 23.7 Å². The van der Waals surface area contributed by atoms with Crippen LogP contribution < -0.4 is 15.2 Å². The van der Waals surface area contributed by atoms with Gasteiger partial charge in [0.1, 0.15) is 12.3 Å². The fourth-order valence-electron chi connectivity index (χ4n) is 4.32. The van der Waals surface area contributed by atoms with Crippen LogP contribution in [-0.2, 0) is 16.6 Å². The molecule has 1 saturated heterocycles. The molecule has 0 unspecified atom stereocenters. The summed E-state index contributed by atoms with van der Waals surface area (Å²) in [4.78, 5) is 15.6. The maximum absolute atomic E-state index is 13.7. The summed E-state index contributed by atoms with van der Waals surface area (Å²) in [7, 11) is -3.35. The van der Waals surface area contributed by atoms with Crippen molar-refractivity contribution in [2.24, 2.45) is 0 Å². The Kier molecular flexibility index (Phi) is 7.26. The van der Waals surface area contributed by atoms with E-state index < -0.39 is 20.8 Å². The fourth-order valence-corrected chi connectivity index (χ4v) is 6.55. The van der Waals surface area contributed by atoms with E-state index in [1.165, 1.54) is 13.7 Å². The van der Waals surface area contributed by atoms with Crippen molar-refractivity contribution in [3.8, 4) is 11.4 Å². The van der Waals surface area contributed by atoms with Gasteiger partial charge in [-0.3, -0.25) is 4.79 Å². The van der Waals surface area contributed by atoms with Crippen LogP contribution >= 0.6 is 22.9 Å². The van der Waals surface area contributed by atoms with Gasteiger partial charge >= 0.3 is 5.56 Å². The van der Waals surface area contributed by atoms with Gasteiger partial charge in [0.15, 0.2) is 0 Å². The van der Waals surface area contributed by atoms with Gasteiger partial charge in [-0.25, -0.2) is 8.42 Å². The molecule has 11 heteroatoms. The van der Waals surface area contributed by atoms with Crippen molar-refractivity contribution < 1.29 is 13.2 Å². The molecule has 194 valence electrons. The third kappa shape index (κ3) is 5.24. The van der Waals surface area contributed by atoms with E-state index in [0.717, 1.165) is 10.9 Å². The van der Waals surface area contributed by atoms with Crippen LogP contribution in [0.2, 0.25) is 5.02 Å². The van der Waals surface area contributed by atoms with Gasteiger partial charge < -0.3 is 9.64 Å². The van der Waals surface area contributed by atoms with Gasteiger partial charge in [0.05, 0.1) is 17.1 Å². The highest BCUT2D eigenvalue weighted by atomic mass is 35.5. The van der Waals surface area contributed by atoms with E-state index in [4.69, 9.17) is 16.3 Å². The van der Waals surface area contributed by atoms with E-state index >= 15 is 0 Å². The number of nitrogens with zero attached hydrogens (tertiary/aromatic N) is 4. The molecule has 0 saturated carbocycles. The van der Waals surface area contributed by atoms with Crippen LogP contribution in [0.25, 0.3) is 15.8 Å². The molecule has 0 amide bonds. The van der Waals surface area contributed by atoms with Crippen molar-refractivity contribution in [2.75, 3.05) is 31.1 Å². The molecule has 0 N–H and O–H groups in total. The summed E-state index contributed by atoms with van der Waals surface area (Å²) < 4.78 is 35.4. The summed E-state index contributed by atoms with van der Waals surface area (Å²) in [5.74, 6) is 0.167. The Morgan fingerprint density at radius 2 is 1.86 bits per heavy atom. The van der Waals surface area contributed by atoms with Gasteiger partial charge in [0.2, 0.25) is 15.8 Å². The van der Waals surface area contributed by atoms with Gasteiger partial charge in [-0.15, -0.1) is 11.3 Å². The minimum atomic E-state index is -3.35. The second kappa shape index (κ2) is 10.4. The first kappa shape index (κ1) is 25.7. The van der Waals surface area contributed by atoms with Crippen molar-refractivity contribution in [3.05, 3.63) is 81.0 Å². The molecule has 1 aliphatic rings. The van der Waals surface area contributed by atoms with E-state index in [9.17, 15) is 13.2 Å². The Morgan fingerprint density at radius 1 is 1.08 bits per heavy atom. The van der Waals surface area contributed by atoms with E-state index in [1.54, 1.807) is 55.6 Å². The van der Waals surface area contributed by atoms with Crippen LogP contribution in [0.3, 0.4) is 0 Å². The minimum Gasteiger partial charge on any atom is -0.481 e. The van der Waals surface area contributed by atoms with E-state index in [2.05, 4.69) is 17.2 Å². The van der Waals surface area contributed by atoms with Crippen LogP contribution in [0.15, 0.2) is 64.9 Å². The number of ether oxygens (including phenoxy) is 1. The molecule has 37 heavy (non-hydrogen) atoms. The Labute approximate surface area is 224 Å². The van der Waals surface area contributed by atoms with Gasteiger partial charge in [0, 0.05) is 35.9 Å². The normalized spacial score (nSPS) is 15.0. The lowest BCUT2D eigenvalue weighted by atomic mass is 10.2. The molecule has 0 spiro atoms. The minimum absolute atomic E-state index is 0.167. The zero-order valence-electron chi connectivity index (χ0n) is 20.5. The van der Waals surface area contributed by atoms with Gasteiger partial charge in [-0.2, -0.15) is 14.1 Å². The number of fused-ring (bicyclic) bond motifs is 1. The number of aromatic nitrogens is 2. The van der Waals surface area contributed by atoms with Crippen molar-refractivity contribution >= 4 is 48.7 Å². The number of hydrogen-bond donors (Lipinski definition) is 0. The SMILES string of the molecule is CC(C)S(=O)(=O)N1CCN(c2cnn(-c3cccc(Cl)c3)c(=O)c2OCc2ccc3sccc3c2)CC1. The average Bonchev–Trinajstić information content (AvgIpc) is 3.36. The number of halogens is 1. The van der Waals surface area contributed by atoms with E-state index in [-0.39, 0.29) is 12.4 Å². The zero-order chi connectivity index (χ0) is 26.2. The number of piperazine rings is 1. The Hall–Kier alpha value is -2.92. The summed E-state index contributed by atoms with van der Waals surface area (Å²) in [6.45, 7) is 5.06. The van der Waals surface area contributed by atoms with Crippen LogP contribution in [0.1, 0.15) is 19.4 Å². The number of anilines is 1. The molecular formula is C26H27ClN4O4S2. The van der Waals surface area contributed by atoms with Crippen molar-refractivity contribution in [2.45, 2.75) is 25.7 Å². The summed E-state index contributed by atoms with van der Waals surface area (Å²) >= 11 is 7.83. The number of rotatable bonds is 7. The highest BCUT2D eigenvalue weighted by Crippen LogP contribution is 2.28. The second-order valence-electron chi connectivity index (χ2n) is 9.12. The monoisotopic (exact) mass is 558 g/mol. The van der Waals surface area contributed by atoms with Gasteiger partial charge in [0.25, 0.3) is 0 Å². The maximum Gasteiger partial charge on any atom is 0.316 e. The van der Waals surface area contributed by atoms with Crippen LogP contribution in [0, 0.1) is 0 Å². The predicted octanol–water partition coefficient (Wildman–Crippen LogP) is 4.54. The van der Waals surface area contributed by atoms with Crippen molar-refractivity contribution in [1.82, 2.24) is 14.1 Å². The quantitative estimate of drug-likeness (QED) is 0.331. The fraction of sp³-hybridized carbons (Fsp3) is 0.308. The molecule has 0 radical (unpaired) electrons. The summed E-state index contributed by atoms with van der Waals surface area (Å²) in [6.07, 6.45) is 1.60. The lowest BCUT2D eigenvalue weighted by molar-refractivity contribution is 0.298. The average molecular weight is 559 g/mol. The lowest BCUT2D eigenvalue weighted by Gasteiger charge is -2.36. The van der Waals surface area contributed by atoms with Crippen molar-refractivity contribution in [3.63, 3.8) is 0 Å². The highest BCUT2D eigenvalue weighted by Gasteiger charge is 2.31. The molecule has 3 heterocycles. The molecule has 0 bridgehead atoms. The molecular weight excluding hydrogens is 532 g/mol. The van der Waals surface area contributed by atoms with Crippen molar-refractivity contribution in [1.29, 1.82) is 0 Å². The molecule has 0 atom stereocenters.